The van der Waals surface area contributed by atoms with Gasteiger partial charge in [0, 0.05) is 1.43 Å². The van der Waals surface area contributed by atoms with Gasteiger partial charge in [-0.25, -0.2) is 0 Å². The first-order chi connectivity index (χ1) is 14.6. The predicted octanol–water partition coefficient (Wildman–Crippen LogP) is 6.27. The van der Waals surface area contributed by atoms with Gasteiger partial charge in [-0.05, 0) is 0 Å². The van der Waals surface area contributed by atoms with Crippen molar-refractivity contribution in [3.63, 3.8) is 0 Å². The Kier molecular flexibility index (Phi) is 5.93. The summed E-state index contributed by atoms with van der Waals surface area (Å²) >= 11 is 3.86. The Morgan fingerprint density at radius 2 is 2.13 bits per heavy atom. The van der Waals surface area contributed by atoms with Gasteiger partial charge in [0.25, 0.3) is 0 Å². The van der Waals surface area contributed by atoms with Crippen molar-refractivity contribution in [2.45, 2.75) is 93.8 Å². The molecule has 0 spiro atoms. The van der Waals surface area contributed by atoms with E-state index in [1.807, 2.05) is 6.20 Å². The maximum Gasteiger partial charge on any atom is 0 e. The Morgan fingerprint density at radius 1 is 1.23 bits per heavy atom. The molecule has 0 aliphatic heterocycles. The summed E-state index contributed by atoms with van der Waals surface area (Å²) in [6.45, 7) is 2.42. The molecule has 5 rings (SSSR count). The Morgan fingerprint density at radius 3 is 2.93 bits per heavy atom. The number of allylic oxidation sites excluding steroid dienone is 1. The van der Waals surface area contributed by atoms with Crippen LogP contribution in [0.3, 0.4) is 0 Å². The monoisotopic (exact) mass is 473 g/mol. The van der Waals surface area contributed by atoms with Crippen molar-refractivity contribution >= 4 is 16.0 Å². The molecule has 1 aromatic heterocycles. The number of rotatable bonds is 5. The minimum absolute atomic E-state index is 0. The molecule has 4 aliphatic rings. The van der Waals surface area contributed by atoms with E-state index >= 15 is 0 Å². The number of aromatic nitrogens is 1. The first-order valence-corrected chi connectivity index (χ1v) is 13.5. The average Bonchev–Trinajstić information content (AvgIpc) is 3.12. The predicted molar refractivity (Wildman–Crippen MR) is 127 cm³/mol. The molecule has 7 atom stereocenters. The minimum Gasteiger partial charge on any atom is 0 e. The van der Waals surface area contributed by atoms with E-state index in [9.17, 15) is 0 Å². The molecule has 2 nitrogen and oxygen atoms in total. The minimum atomic E-state index is 0. The van der Waals surface area contributed by atoms with Gasteiger partial charge in [-0.2, -0.15) is 0 Å². The van der Waals surface area contributed by atoms with Crippen LogP contribution in [-0.2, 0) is 6.42 Å². The maximum absolute atomic E-state index is 7.19. The fourth-order valence-corrected chi connectivity index (χ4v) is 9.77. The molecule has 3 fully saturated rings. The van der Waals surface area contributed by atoms with Gasteiger partial charge in [-0.1, -0.05) is 0 Å². The van der Waals surface area contributed by atoms with Gasteiger partial charge >= 0.3 is 192 Å². The largest absolute Gasteiger partial charge is 0 e. The van der Waals surface area contributed by atoms with E-state index in [1.54, 1.807) is 5.57 Å². The van der Waals surface area contributed by atoms with Gasteiger partial charge in [0.1, 0.15) is 0 Å². The van der Waals surface area contributed by atoms with Crippen molar-refractivity contribution in [3.8, 4) is 0 Å². The van der Waals surface area contributed by atoms with E-state index in [0.29, 0.717) is 4.31 Å². The van der Waals surface area contributed by atoms with Crippen molar-refractivity contribution in [2.24, 2.45) is 35.3 Å². The Hall–Kier alpha value is -0.631. The maximum atomic E-state index is 7.19. The molecular weight excluding hydrogens is 431 g/mol. The number of fused-ring (bicyclic) bond motifs is 5. The van der Waals surface area contributed by atoms with Crippen LogP contribution in [0.5, 0.6) is 0 Å². The fourth-order valence-electron chi connectivity index (χ4n) is 8.26. The van der Waals surface area contributed by atoms with Crippen LogP contribution in [0, 0.1) is 29.6 Å². The molecule has 7 unspecified atom stereocenters. The molecule has 1 radical (unpaired) electrons. The number of pyridine rings is 1. The molecule has 165 valence electrons. The molecule has 3 heteroatoms. The Labute approximate surface area is 193 Å². The van der Waals surface area contributed by atoms with Crippen LogP contribution in [0.1, 0.15) is 84.5 Å². The zero-order chi connectivity index (χ0) is 20.8. The van der Waals surface area contributed by atoms with E-state index in [4.69, 9.17) is 5.73 Å². The molecule has 0 amide bonds. The molecule has 1 aromatic rings. The Bertz CT molecular complexity index is 783. The van der Waals surface area contributed by atoms with Gasteiger partial charge < -0.3 is 0 Å². The Balaban J connectivity index is 0.00000231. The van der Waals surface area contributed by atoms with Gasteiger partial charge in [0.05, 0.1) is 0 Å². The molecule has 0 aromatic carbocycles. The standard InChI is InChI=1S/C27H39N2Se.H2/c1-2-20(9-8-19-6-5-17-29-18-19)23-12-13-25-22-11-10-21-7-3-4-15-26(21,28)24(22)14-16-27(23,25)30;/h5-6,10,17-18,20,22-25H,2-4,7-9,11-16,28H2,1H3;1H. The number of hydrogen-bond donors (Lipinski definition) is 1. The van der Waals surface area contributed by atoms with E-state index in [1.165, 1.54) is 82.6 Å². The third kappa shape index (κ3) is 3.44. The van der Waals surface area contributed by atoms with Gasteiger partial charge in [0.15, 0.2) is 0 Å². The summed E-state index contributed by atoms with van der Waals surface area (Å²) < 4.78 is 0.410. The van der Waals surface area contributed by atoms with E-state index in [2.05, 4.69) is 52.3 Å². The van der Waals surface area contributed by atoms with Crippen LogP contribution in [0.15, 0.2) is 36.2 Å². The summed E-state index contributed by atoms with van der Waals surface area (Å²) in [5.41, 5.74) is 10.2. The summed E-state index contributed by atoms with van der Waals surface area (Å²) in [7, 11) is 0. The molecule has 3 saturated carbocycles. The smallest absolute Gasteiger partial charge is 0 e. The molecular formula is C27H41N2Se. The van der Waals surface area contributed by atoms with Crippen LogP contribution < -0.4 is 5.73 Å². The normalized spacial score (nSPS) is 41.4. The van der Waals surface area contributed by atoms with E-state index < -0.39 is 0 Å². The second kappa shape index (κ2) is 8.38. The molecule has 30 heavy (non-hydrogen) atoms. The van der Waals surface area contributed by atoms with Crippen molar-refractivity contribution in [1.29, 1.82) is 0 Å². The topological polar surface area (TPSA) is 38.9 Å². The summed E-state index contributed by atoms with van der Waals surface area (Å²) in [5.74, 6) is 4.06. The summed E-state index contributed by atoms with van der Waals surface area (Å²) in [6.07, 6.45) is 22.4. The zero-order valence-electron chi connectivity index (χ0n) is 18.7. The van der Waals surface area contributed by atoms with Crippen molar-refractivity contribution < 1.29 is 1.43 Å². The van der Waals surface area contributed by atoms with Crippen LogP contribution >= 0.6 is 0 Å². The first kappa shape index (κ1) is 21.2. The summed E-state index contributed by atoms with van der Waals surface area (Å²) in [5, 5.41) is 0. The third-order valence-electron chi connectivity index (χ3n) is 9.73. The quantitative estimate of drug-likeness (QED) is 0.405. The molecule has 0 saturated heterocycles. The zero-order valence-corrected chi connectivity index (χ0v) is 20.4. The summed E-state index contributed by atoms with van der Waals surface area (Å²) in [6, 6.07) is 4.32. The second-order valence-corrected chi connectivity index (χ2v) is 12.4. The number of nitrogens with two attached hydrogens (primary N) is 1. The number of hydrogen-bond acceptors (Lipinski definition) is 2. The second-order valence-electron chi connectivity index (χ2n) is 10.8. The summed E-state index contributed by atoms with van der Waals surface area (Å²) in [4.78, 5) is 4.33. The molecule has 2 N–H and O–H groups in total. The number of aryl methyl sites for hydroxylation is 1. The molecule has 1 heterocycles. The van der Waals surface area contributed by atoms with Crippen LogP contribution in [0.25, 0.3) is 0 Å². The van der Waals surface area contributed by atoms with Crippen LogP contribution in [-0.4, -0.2) is 26.5 Å². The van der Waals surface area contributed by atoms with Crippen molar-refractivity contribution in [1.82, 2.24) is 4.98 Å². The number of nitrogens with zero attached hydrogens (tertiary/aromatic N) is 1. The van der Waals surface area contributed by atoms with Gasteiger partial charge in [0.2, 0.25) is 0 Å². The van der Waals surface area contributed by atoms with Crippen molar-refractivity contribution in [2.75, 3.05) is 0 Å². The fraction of sp³-hybridized carbons (Fsp3) is 0.741. The van der Waals surface area contributed by atoms with Crippen LogP contribution in [0.2, 0.25) is 4.31 Å². The van der Waals surface area contributed by atoms with E-state index in [-0.39, 0.29) is 6.97 Å². The van der Waals surface area contributed by atoms with E-state index in [0.717, 1.165) is 29.6 Å². The molecule has 4 aliphatic carbocycles. The van der Waals surface area contributed by atoms with Crippen molar-refractivity contribution in [3.05, 3.63) is 41.7 Å². The van der Waals surface area contributed by atoms with Crippen LogP contribution in [0.4, 0.5) is 0 Å². The average molecular weight is 473 g/mol. The third-order valence-corrected chi connectivity index (χ3v) is 11.4. The van der Waals surface area contributed by atoms with Gasteiger partial charge in [-0.3, -0.25) is 0 Å². The first-order valence-electron chi connectivity index (χ1n) is 12.6. The SMILES string of the molecule is CCC(CCc1cccnc1)C1CCC2C3CC=C4CCCCC4(N)C3CCC12[Se].[HH]. The van der Waals surface area contributed by atoms with Gasteiger partial charge in [-0.15, -0.1) is 0 Å². The molecule has 0 bridgehead atoms.